The highest BCUT2D eigenvalue weighted by Gasteiger charge is 2.30. The molecule has 2 N–H and O–H groups in total. The van der Waals surface area contributed by atoms with Crippen LogP contribution in [0.15, 0.2) is 35.5 Å². The zero-order chi connectivity index (χ0) is 19.5. The highest BCUT2D eigenvalue weighted by Crippen LogP contribution is 2.26. The molecular weight excluding hydrogens is 360 g/mol. The number of hydrogen-bond donors (Lipinski definition) is 2. The van der Waals surface area contributed by atoms with Crippen LogP contribution < -0.4 is 5.32 Å². The SMILES string of the molecule is CC(C)CNc1ncnc2c1ncn2[C@H]1CN(Cc2ccco2)C[C@@H](CO)O1. The molecule has 150 valence electrons. The van der Waals surface area contributed by atoms with E-state index in [4.69, 9.17) is 9.15 Å². The number of aliphatic hydroxyl groups is 1. The molecule has 4 rings (SSSR count). The van der Waals surface area contributed by atoms with Gasteiger partial charge in [0.05, 0.1) is 31.8 Å². The van der Waals surface area contributed by atoms with Gasteiger partial charge in [-0.05, 0) is 18.1 Å². The van der Waals surface area contributed by atoms with Crippen molar-refractivity contribution in [2.75, 3.05) is 31.6 Å². The minimum absolute atomic E-state index is 0.0477. The van der Waals surface area contributed by atoms with Crippen molar-refractivity contribution >= 4 is 17.0 Å². The molecule has 2 atom stereocenters. The lowest BCUT2D eigenvalue weighted by atomic mass is 10.2. The number of imidazole rings is 1. The molecule has 1 aliphatic rings. The standard InChI is InChI=1S/C19H26N6O3/c1-13(2)6-20-18-17-19(22-11-21-18)25(12-23-17)16-9-24(8-15(10-26)28-16)7-14-4-3-5-27-14/h3-5,11-13,15-16,26H,6-10H2,1-2H3,(H,20,21,22)/t15-,16+/m0/s1. The summed E-state index contributed by atoms with van der Waals surface area (Å²) in [4.78, 5) is 15.5. The van der Waals surface area contributed by atoms with Crippen molar-refractivity contribution < 1.29 is 14.3 Å². The van der Waals surface area contributed by atoms with Gasteiger partial charge in [0.15, 0.2) is 17.0 Å². The third kappa shape index (κ3) is 4.01. The minimum atomic E-state index is -0.307. The van der Waals surface area contributed by atoms with Crippen LogP contribution in [0.3, 0.4) is 0 Å². The second-order valence-corrected chi connectivity index (χ2v) is 7.49. The highest BCUT2D eigenvalue weighted by molar-refractivity contribution is 5.82. The Morgan fingerprint density at radius 2 is 2.18 bits per heavy atom. The van der Waals surface area contributed by atoms with Crippen molar-refractivity contribution in [1.82, 2.24) is 24.4 Å². The average molecular weight is 386 g/mol. The van der Waals surface area contributed by atoms with Crippen LogP contribution in [0, 0.1) is 5.92 Å². The molecule has 9 heteroatoms. The predicted molar refractivity (Wildman–Crippen MR) is 104 cm³/mol. The van der Waals surface area contributed by atoms with Gasteiger partial charge in [-0.3, -0.25) is 9.47 Å². The fourth-order valence-corrected chi connectivity index (χ4v) is 3.39. The summed E-state index contributed by atoms with van der Waals surface area (Å²) in [5.41, 5.74) is 1.43. The lowest BCUT2D eigenvalue weighted by Gasteiger charge is -2.37. The first-order valence-electron chi connectivity index (χ1n) is 9.56. The summed E-state index contributed by atoms with van der Waals surface area (Å²) in [7, 11) is 0. The quantitative estimate of drug-likeness (QED) is 0.635. The van der Waals surface area contributed by atoms with Gasteiger partial charge in [0, 0.05) is 19.6 Å². The van der Waals surface area contributed by atoms with Crippen LogP contribution in [0.2, 0.25) is 0 Å². The van der Waals surface area contributed by atoms with E-state index in [0.29, 0.717) is 31.2 Å². The average Bonchev–Trinajstić information content (AvgIpc) is 3.35. The van der Waals surface area contributed by atoms with Gasteiger partial charge >= 0.3 is 0 Å². The number of aliphatic hydroxyl groups excluding tert-OH is 1. The number of aromatic nitrogens is 4. The lowest BCUT2D eigenvalue weighted by Crippen LogP contribution is -2.46. The topological polar surface area (TPSA) is 101 Å². The molecule has 0 aromatic carbocycles. The van der Waals surface area contributed by atoms with E-state index in [1.807, 2.05) is 16.7 Å². The predicted octanol–water partition coefficient (Wildman–Crippen LogP) is 1.88. The van der Waals surface area contributed by atoms with Gasteiger partial charge in [0.1, 0.15) is 18.3 Å². The molecule has 1 saturated heterocycles. The second-order valence-electron chi connectivity index (χ2n) is 7.49. The molecule has 3 aromatic rings. The summed E-state index contributed by atoms with van der Waals surface area (Å²) < 4.78 is 13.5. The van der Waals surface area contributed by atoms with Crippen LogP contribution in [-0.4, -0.2) is 61.9 Å². The van der Waals surface area contributed by atoms with E-state index in [0.717, 1.165) is 23.6 Å². The Morgan fingerprint density at radius 3 is 2.93 bits per heavy atom. The normalized spacial score (nSPS) is 20.9. The molecule has 0 bridgehead atoms. The highest BCUT2D eigenvalue weighted by atomic mass is 16.5. The Bertz CT molecular complexity index is 894. The molecule has 0 unspecified atom stereocenters. The minimum Gasteiger partial charge on any atom is -0.468 e. The summed E-state index contributed by atoms with van der Waals surface area (Å²) in [5.74, 6) is 2.10. The zero-order valence-corrected chi connectivity index (χ0v) is 16.2. The fourth-order valence-electron chi connectivity index (χ4n) is 3.39. The first kappa shape index (κ1) is 18.9. The fraction of sp³-hybridized carbons (Fsp3) is 0.526. The number of hydrogen-bond acceptors (Lipinski definition) is 8. The van der Waals surface area contributed by atoms with Gasteiger partial charge in [-0.1, -0.05) is 13.8 Å². The van der Waals surface area contributed by atoms with Crippen molar-refractivity contribution in [1.29, 1.82) is 0 Å². The number of anilines is 1. The molecule has 1 fully saturated rings. The lowest BCUT2D eigenvalue weighted by molar-refractivity contribution is -0.136. The largest absolute Gasteiger partial charge is 0.468 e. The van der Waals surface area contributed by atoms with E-state index in [9.17, 15) is 5.11 Å². The van der Waals surface area contributed by atoms with Gasteiger partial charge in [0.25, 0.3) is 0 Å². The van der Waals surface area contributed by atoms with Crippen LogP contribution in [0.25, 0.3) is 11.2 Å². The number of nitrogens with zero attached hydrogens (tertiary/aromatic N) is 5. The van der Waals surface area contributed by atoms with E-state index in [1.165, 1.54) is 6.33 Å². The number of morpholine rings is 1. The zero-order valence-electron chi connectivity index (χ0n) is 16.2. The summed E-state index contributed by atoms with van der Waals surface area (Å²) in [6.45, 7) is 6.98. The number of furan rings is 1. The van der Waals surface area contributed by atoms with Crippen molar-refractivity contribution in [2.24, 2.45) is 5.92 Å². The molecule has 9 nitrogen and oxygen atoms in total. The molecule has 4 heterocycles. The van der Waals surface area contributed by atoms with Gasteiger partial charge in [-0.2, -0.15) is 0 Å². The van der Waals surface area contributed by atoms with E-state index in [1.54, 1.807) is 12.6 Å². The van der Waals surface area contributed by atoms with Crippen molar-refractivity contribution in [2.45, 2.75) is 32.7 Å². The molecule has 0 radical (unpaired) electrons. The molecule has 0 amide bonds. The molecule has 0 spiro atoms. The van der Waals surface area contributed by atoms with Crippen molar-refractivity contribution in [3.63, 3.8) is 0 Å². The summed E-state index contributed by atoms with van der Waals surface area (Å²) in [5, 5.41) is 13.0. The van der Waals surface area contributed by atoms with Gasteiger partial charge in [-0.15, -0.1) is 0 Å². The second kappa shape index (κ2) is 8.26. The van der Waals surface area contributed by atoms with Gasteiger partial charge in [-0.25, -0.2) is 15.0 Å². The van der Waals surface area contributed by atoms with Crippen LogP contribution in [0.5, 0.6) is 0 Å². The molecule has 28 heavy (non-hydrogen) atoms. The third-order valence-corrected chi connectivity index (χ3v) is 4.74. The monoisotopic (exact) mass is 386 g/mol. The molecule has 0 saturated carbocycles. The molecule has 1 aliphatic heterocycles. The Balaban J connectivity index is 1.58. The van der Waals surface area contributed by atoms with Crippen molar-refractivity contribution in [3.8, 4) is 0 Å². The number of rotatable bonds is 7. The first-order valence-corrected chi connectivity index (χ1v) is 9.56. The smallest absolute Gasteiger partial charge is 0.167 e. The maximum atomic E-state index is 9.69. The number of nitrogens with one attached hydrogen (secondary N) is 1. The Morgan fingerprint density at radius 1 is 1.29 bits per heavy atom. The maximum absolute atomic E-state index is 9.69. The molecular formula is C19H26N6O3. The van der Waals surface area contributed by atoms with E-state index >= 15 is 0 Å². The maximum Gasteiger partial charge on any atom is 0.167 e. The molecule has 3 aromatic heterocycles. The van der Waals surface area contributed by atoms with Crippen LogP contribution in [-0.2, 0) is 11.3 Å². The van der Waals surface area contributed by atoms with E-state index in [2.05, 4.69) is 39.0 Å². The Kier molecular flexibility index (Phi) is 5.56. The van der Waals surface area contributed by atoms with Crippen LogP contribution in [0.1, 0.15) is 25.8 Å². The van der Waals surface area contributed by atoms with Crippen molar-refractivity contribution in [3.05, 3.63) is 36.8 Å². The summed E-state index contributed by atoms with van der Waals surface area (Å²) >= 11 is 0. The number of ether oxygens (including phenoxy) is 1. The van der Waals surface area contributed by atoms with Gasteiger partial charge < -0.3 is 19.6 Å². The van der Waals surface area contributed by atoms with Crippen LogP contribution >= 0.6 is 0 Å². The number of fused-ring (bicyclic) bond motifs is 1. The first-order chi connectivity index (χ1) is 13.6. The summed E-state index contributed by atoms with van der Waals surface area (Å²) in [6, 6.07) is 3.83. The molecule has 0 aliphatic carbocycles. The van der Waals surface area contributed by atoms with E-state index in [-0.39, 0.29) is 18.9 Å². The van der Waals surface area contributed by atoms with E-state index < -0.39 is 0 Å². The summed E-state index contributed by atoms with van der Waals surface area (Å²) in [6.07, 6.45) is 4.35. The van der Waals surface area contributed by atoms with Crippen LogP contribution in [0.4, 0.5) is 5.82 Å². The Hall–Kier alpha value is -2.49. The van der Waals surface area contributed by atoms with Gasteiger partial charge in [0.2, 0.25) is 0 Å². The Labute approximate surface area is 163 Å². The third-order valence-electron chi connectivity index (χ3n) is 4.74.